The first-order valence-corrected chi connectivity index (χ1v) is 10.9. The van der Waals surface area contributed by atoms with E-state index >= 15 is 0 Å². The molecule has 3 aromatic rings. The third-order valence-electron chi connectivity index (χ3n) is 4.86. The van der Waals surface area contributed by atoms with Crippen molar-refractivity contribution >= 4 is 32.6 Å². The smallest absolute Gasteiger partial charge is 0.326 e. The number of benzene rings is 2. The Balaban J connectivity index is 1.91. The standard InChI is InChI=1S/C22H21FN2O4S/c1-13-20(21-16-10-9-14(23)11-18(16)30(27,28)24-21)15-7-5-6-8-17(15)25(13)12-19(26)29-22(2,3)4/h5-11H,12H2,1-4H3. The van der Waals surface area contributed by atoms with Crippen molar-refractivity contribution in [3.05, 3.63) is 65.1 Å². The highest BCUT2D eigenvalue weighted by atomic mass is 32.2. The minimum Gasteiger partial charge on any atom is -0.459 e. The zero-order chi connectivity index (χ0) is 21.8. The van der Waals surface area contributed by atoms with Crippen LogP contribution in [0, 0.1) is 12.7 Å². The second-order valence-electron chi connectivity index (χ2n) is 8.21. The van der Waals surface area contributed by atoms with Crippen LogP contribution in [0.3, 0.4) is 0 Å². The van der Waals surface area contributed by atoms with Gasteiger partial charge in [0.2, 0.25) is 0 Å². The number of fused-ring (bicyclic) bond motifs is 2. The molecular formula is C22H21FN2O4S. The fraction of sp³-hybridized carbons (Fsp3) is 0.273. The van der Waals surface area contributed by atoms with E-state index < -0.39 is 27.4 Å². The minimum atomic E-state index is -4.00. The van der Waals surface area contributed by atoms with Crippen LogP contribution in [0.4, 0.5) is 4.39 Å². The van der Waals surface area contributed by atoms with Crippen molar-refractivity contribution in [2.24, 2.45) is 4.40 Å². The normalized spacial score (nSPS) is 15.2. The van der Waals surface area contributed by atoms with Crippen LogP contribution in [0.1, 0.15) is 37.6 Å². The molecule has 6 nitrogen and oxygen atoms in total. The number of carbonyl (C=O) groups excluding carboxylic acids is 1. The van der Waals surface area contributed by atoms with Crippen LogP contribution in [-0.2, 0) is 26.1 Å². The van der Waals surface area contributed by atoms with Crippen LogP contribution < -0.4 is 0 Å². The van der Waals surface area contributed by atoms with Crippen LogP contribution in [0.15, 0.2) is 51.8 Å². The Morgan fingerprint density at radius 3 is 2.57 bits per heavy atom. The van der Waals surface area contributed by atoms with Gasteiger partial charge in [-0.2, -0.15) is 12.8 Å². The number of hydrogen-bond donors (Lipinski definition) is 0. The van der Waals surface area contributed by atoms with Gasteiger partial charge in [-0.05, 0) is 52.0 Å². The van der Waals surface area contributed by atoms with E-state index in [1.807, 2.05) is 24.3 Å². The van der Waals surface area contributed by atoms with Crippen molar-refractivity contribution in [2.75, 3.05) is 0 Å². The molecule has 0 atom stereocenters. The lowest BCUT2D eigenvalue weighted by atomic mass is 9.99. The second-order valence-corrected chi connectivity index (χ2v) is 9.78. The third kappa shape index (κ3) is 3.41. The van der Waals surface area contributed by atoms with Crippen molar-refractivity contribution < 1.29 is 22.3 Å². The molecule has 0 spiro atoms. The molecule has 0 aliphatic carbocycles. The van der Waals surface area contributed by atoms with Crippen LogP contribution >= 0.6 is 0 Å². The number of halogens is 1. The van der Waals surface area contributed by atoms with Gasteiger partial charge in [-0.1, -0.05) is 18.2 Å². The molecule has 2 heterocycles. The molecule has 8 heteroatoms. The molecular weight excluding hydrogens is 407 g/mol. The molecule has 0 unspecified atom stereocenters. The highest BCUT2D eigenvalue weighted by Gasteiger charge is 2.33. The molecule has 1 aromatic heterocycles. The van der Waals surface area contributed by atoms with Gasteiger partial charge in [0.1, 0.15) is 22.9 Å². The van der Waals surface area contributed by atoms with Gasteiger partial charge in [-0.15, -0.1) is 0 Å². The Labute approximate surface area is 174 Å². The summed E-state index contributed by atoms with van der Waals surface area (Å²) >= 11 is 0. The van der Waals surface area contributed by atoms with Crippen LogP contribution in [0.25, 0.3) is 10.9 Å². The van der Waals surface area contributed by atoms with Crippen LogP contribution in [0.5, 0.6) is 0 Å². The number of aromatic nitrogens is 1. The molecule has 1 aliphatic heterocycles. The van der Waals surface area contributed by atoms with Gasteiger partial charge in [-0.25, -0.2) is 4.39 Å². The Morgan fingerprint density at radius 1 is 1.17 bits per heavy atom. The average Bonchev–Trinajstić information content (AvgIpc) is 3.04. The summed E-state index contributed by atoms with van der Waals surface area (Å²) in [4.78, 5) is 12.3. The predicted molar refractivity (Wildman–Crippen MR) is 112 cm³/mol. The number of para-hydroxylation sites is 1. The maximum Gasteiger partial charge on any atom is 0.326 e. The summed E-state index contributed by atoms with van der Waals surface area (Å²) < 4.78 is 50.0. The molecule has 0 amide bonds. The monoisotopic (exact) mass is 428 g/mol. The zero-order valence-electron chi connectivity index (χ0n) is 17.1. The van der Waals surface area contributed by atoms with Crippen molar-refractivity contribution in [2.45, 2.75) is 44.7 Å². The van der Waals surface area contributed by atoms with Gasteiger partial charge in [0.25, 0.3) is 10.0 Å². The lowest BCUT2D eigenvalue weighted by Gasteiger charge is -2.20. The SMILES string of the molecule is Cc1c(C2=NS(=O)(=O)c3cc(F)ccc32)c2ccccc2n1CC(=O)OC(C)(C)C. The van der Waals surface area contributed by atoms with E-state index in [0.29, 0.717) is 16.8 Å². The number of carbonyl (C=O) groups is 1. The van der Waals surface area contributed by atoms with E-state index in [9.17, 15) is 17.6 Å². The fourth-order valence-corrected chi connectivity index (χ4v) is 4.97. The largest absolute Gasteiger partial charge is 0.459 e. The van der Waals surface area contributed by atoms with Crippen molar-refractivity contribution in [1.29, 1.82) is 0 Å². The van der Waals surface area contributed by atoms with Gasteiger partial charge >= 0.3 is 5.97 Å². The van der Waals surface area contributed by atoms with Gasteiger partial charge in [0, 0.05) is 27.7 Å². The molecule has 0 saturated carbocycles. The third-order valence-corrected chi connectivity index (χ3v) is 6.18. The van der Waals surface area contributed by atoms with Crippen LogP contribution in [0.2, 0.25) is 0 Å². The lowest BCUT2D eigenvalue weighted by Crippen LogP contribution is -2.26. The molecule has 2 aromatic carbocycles. The second kappa shape index (κ2) is 6.77. The molecule has 0 fully saturated rings. The first kappa shape index (κ1) is 20.3. The van der Waals surface area contributed by atoms with E-state index in [-0.39, 0.29) is 17.2 Å². The lowest BCUT2D eigenvalue weighted by molar-refractivity contribution is -0.155. The Bertz CT molecular complexity index is 1330. The number of nitrogens with zero attached hydrogens (tertiary/aromatic N) is 2. The van der Waals surface area contributed by atoms with E-state index in [2.05, 4.69) is 4.40 Å². The molecule has 0 radical (unpaired) electrons. The van der Waals surface area contributed by atoms with E-state index in [1.165, 1.54) is 12.1 Å². The fourth-order valence-electron chi connectivity index (χ4n) is 3.74. The van der Waals surface area contributed by atoms with Gasteiger partial charge in [0.05, 0.1) is 5.71 Å². The number of ether oxygens (including phenoxy) is 1. The first-order chi connectivity index (χ1) is 14.0. The zero-order valence-corrected chi connectivity index (χ0v) is 17.9. The summed E-state index contributed by atoms with van der Waals surface area (Å²) in [7, 11) is -4.00. The summed E-state index contributed by atoms with van der Waals surface area (Å²) in [6.07, 6.45) is 0. The van der Waals surface area contributed by atoms with Crippen molar-refractivity contribution in [3.8, 4) is 0 Å². The van der Waals surface area contributed by atoms with E-state index in [4.69, 9.17) is 4.74 Å². The molecule has 4 rings (SSSR count). The first-order valence-electron chi connectivity index (χ1n) is 9.43. The number of esters is 1. The maximum absolute atomic E-state index is 13.7. The summed E-state index contributed by atoms with van der Waals surface area (Å²) in [5, 5.41) is 0.754. The van der Waals surface area contributed by atoms with Gasteiger partial charge < -0.3 is 9.30 Å². The number of hydrogen-bond acceptors (Lipinski definition) is 4. The van der Waals surface area contributed by atoms with Crippen molar-refractivity contribution in [1.82, 2.24) is 4.57 Å². The summed E-state index contributed by atoms with van der Waals surface area (Å²) in [5.41, 5.74) is 2.01. The van der Waals surface area contributed by atoms with E-state index in [0.717, 1.165) is 17.0 Å². The highest BCUT2D eigenvalue weighted by Crippen LogP contribution is 2.35. The maximum atomic E-state index is 13.7. The Hall–Kier alpha value is -3.00. The Morgan fingerprint density at radius 2 is 1.87 bits per heavy atom. The van der Waals surface area contributed by atoms with Gasteiger partial charge in [0.15, 0.2) is 0 Å². The van der Waals surface area contributed by atoms with Crippen LogP contribution in [-0.4, -0.2) is 30.3 Å². The molecule has 1 aliphatic rings. The molecule has 156 valence electrons. The summed E-state index contributed by atoms with van der Waals surface area (Å²) in [5.74, 6) is -1.04. The highest BCUT2D eigenvalue weighted by molar-refractivity contribution is 7.90. The number of sulfonamides is 1. The quantitative estimate of drug-likeness (QED) is 0.592. The predicted octanol–water partition coefficient (Wildman–Crippen LogP) is 3.97. The number of rotatable bonds is 3. The Kier molecular flexibility index (Phi) is 4.58. The topological polar surface area (TPSA) is 77.7 Å². The molecule has 0 N–H and O–H groups in total. The van der Waals surface area contributed by atoms with Gasteiger partial charge in [-0.3, -0.25) is 4.79 Å². The minimum absolute atomic E-state index is 0.0279. The summed E-state index contributed by atoms with van der Waals surface area (Å²) in [6.45, 7) is 7.16. The molecule has 30 heavy (non-hydrogen) atoms. The molecule has 0 saturated heterocycles. The summed E-state index contributed by atoms with van der Waals surface area (Å²) in [6, 6.07) is 11.0. The van der Waals surface area contributed by atoms with E-state index in [1.54, 1.807) is 32.3 Å². The molecule has 0 bridgehead atoms. The average molecular weight is 428 g/mol. The van der Waals surface area contributed by atoms with Crippen molar-refractivity contribution in [3.63, 3.8) is 0 Å².